The third kappa shape index (κ3) is 1.99. The third-order valence-corrected chi connectivity index (χ3v) is 1.52. The van der Waals surface area contributed by atoms with E-state index >= 15 is 0 Å². The van der Waals surface area contributed by atoms with Crippen LogP contribution in [0.4, 0.5) is 5.69 Å². The van der Waals surface area contributed by atoms with E-state index < -0.39 is 0 Å². The van der Waals surface area contributed by atoms with E-state index in [4.69, 9.17) is 0 Å². The van der Waals surface area contributed by atoms with E-state index in [-0.39, 0.29) is 0 Å². The highest BCUT2D eigenvalue weighted by atomic mass is 16.5. The Morgan fingerprint density at radius 1 is 1.42 bits per heavy atom. The molecule has 12 heavy (non-hydrogen) atoms. The largest absolute Gasteiger partial charge is 0.429 e. The van der Waals surface area contributed by atoms with Crippen LogP contribution >= 0.6 is 0 Å². The number of nitrogens with zero attached hydrogens (tertiary/aromatic N) is 1. The maximum atomic E-state index is 10.0. The highest BCUT2D eigenvalue weighted by Gasteiger charge is 1.96. The summed E-state index contributed by atoms with van der Waals surface area (Å²) < 4.78 is 4.69. The molecule has 0 amide bonds. The summed E-state index contributed by atoms with van der Waals surface area (Å²) in [6.07, 6.45) is 0. The molecule has 0 aliphatic heterocycles. The number of carbonyl (C=O) groups excluding carboxylic acids is 1. The second-order valence-electron chi connectivity index (χ2n) is 2.61. The van der Waals surface area contributed by atoms with Crippen LogP contribution in [0, 0.1) is 0 Å². The first-order valence-electron chi connectivity index (χ1n) is 3.61. The molecule has 0 heterocycles. The fraction of sp³-hybridized carbons (Fsp3) is 0.222. The normalized spacial score (nSPS) is 9.17. The molecule has 3 heteroatoms. The van der Waals surface area contributed by atoms with Crippen molar-refractivity contribution in [2.24, 2.45) is 0 Å². The number of anilines is 1. The lowest BCUT2D eigenvalue weighted by atomic mass is 10.3. The molecule has 0 spiro atoms. The van der Waals surface area contributed by atoms with E-state index in [0.717, 1.165) is 5.69 Å². The SMILES string of the molecule is CN(C)c1cccc(OC=O)c1. The van der Waals surface area contributed by atoms with Gasteiger partial charge in [0.05, 0.1) is 0 Å². The zero-order chi connectivity index (χ0) is 8.97. The predicted molar refractivity (Wildman–Crippen MR) is 47.5 cm³/mol. The summed E-state index contributed by atoms with van der Waals surface area (Å²) >= 11 is 0. The molecule has 0 aromatic heterocycles. The van der Waals surface area contributed by atoms with E-state index in [1.165, 1.54) is 0 Å². The second kappa shape index (κ2) is 3.76. The molecular weight excluding hydrogens is 154 g/mol. The van der Waals surface area contributed by atoms with Crippen LogP contribution in [0.3, 0.4) is 0 Å². The van der Waals surface area contributed by atoms with Crippen LogP contribution in [-0.2, 0) is 4.79 Å². The van der Waals surface area contributed by atoms with Crippen molar-refractivity contribution in [2.75, 3.05) is 19.0 Å². The Hall–Kier alpha value is -1.51. The molecule has 1 rings (SSSR count). The Morgan fingerprint density at radius 2 is 2.17 bits per heavy atom. The molecule has 0 N–H and O–H groups in total. The van der Waals surface area contributed by atoms with Gasteiger partial charge in [-0.25, -0.2) is 0 Å². The van der Waals surface area contributed by atoms with Crippen LogP contribution in [-0.4, -0.2) is 20.6 Å². The number of ether oxygens (including phenoxy) is 1. The lowest BCUT2D eigenvalue weighted by Crippen LogP contribution is -2.08. The molecule has 0 fully saturated rings. The number of carbonyl (C=O) groups is 1. The van der Waals surface area contributed by atoms with E-state index in [9.17, 15) is 4.79 Å². The highest BCUT2D eigenvalue weighted by Crippen LogP contribution is 2.18. The van der Waals surface area contributed by atoms with Crippen molar-refractivity contribution < 1.29 is 9.53 Å². The number of benzene rings is 1. The van der Waals surface area contributed by atoms with Gasteiger partial charge in [-0.3, -0.25) is 4.79 Å². The first kappa shape index (κ1) is 8.59. The van der Waals surface area contributed by atoms with Crippen molar-refractivity contribution >= 4 is 12.2 Å². The summed E-state index contributed by atoms with van der Waals surface area (Å²) in [4.78, 5) is 12.0. The minimum absolute atomic E-state index is 0.425. The quantitative estimate of drug-likeness (QED) is 0.632. The van der Waals surface area contributed by atoms with E-state index in [0.29, 0.717) is 12.2 Å². The van der Waals surface area contributed by atoms with Gasteiger partial charge in [0.15, 0.2) is 0 Å². The van der Waals surface area contributed by atoms with Crippen LogP contribution in [0.2, 0.25) is 0 Å². The predicted octanol–water partition coefficient (Wildman–Crippen LogP) is 1.29. The fourth-order valence-electron chi connectivity index (χ4n) is 0.891. The zero-order valence-corrected chi connectivity index (χ0v) is 7.15. The van der Waals surface area contributed by atoms with Crippen molar-refractivity contribution in [3.05, 3.63) is 24.3 Å². The Kier molecular flexibility index (Phi) is 2.69. The molecule has 0 saturated carbocycles. The van der Waals surface area contributed by atoms with Gasteiger partial charge in [-0.2, -0.15) is 0 Å². The minimum atomic E-state index is 0.425. The molecule has 3 nitrogen and oxygen atoms in total. The summed E-state index contributed by atoms with van der Waals surface area (Å²) in [7, 11) is 3.86. The summed E-state index contributed by atoms with van der Waals surface area (Å²) in [6.45, 7) is 0.425. The topological polar surface area (TPSA) is 29.5 Å². The van der Waals surface area contributed by atoms with Gasteiger partial charge < -0.3 is 9.64 Å². The van der Waals surface area contributed by atoms with Gasteiger partial charge in [0.2, 0.25) is 0 Å². The van der Waals surface area contributed by atoms with Gasteiger partial charge in [0, 0.05) is 25.8 Å². The molecular formula is C9H11NO2. The van der Waals surface area contributed by atoms with Crippen molar-refractivity contribution in [1.29, 1.82) is 0 Å². The Morgan fingerprint density at radius 3 is 2.75 bits per heavy atom. The molecule has 0 saturated heterocycles. The van der Waals surface area contributed by atoms with E-state index in [2.05, 4.69) is 4.74 Å². The van der Waals surface area contributed by atoms with Crippen LogP contribution in [0.1, 0.15) is 0 Å². The summed E-state index contributed by atoms with van der Waals surface area (Å²) in [5.74, 6) is 0.566. The summed E-state index contributed by atoms with van der Waals surface area (Å²) in [5, 5.41) is 0. The van der Waals surface area contributed by atoms with Crippen LogP contribution in [0.15, 0.2) is 24.3 Å². The molecule has 0 aliphatic carbocycles. The van der Waals surface area contributed by atoms with Crippen molar-refractivity contribution in [3.63, 3.8) is 0 Å². The lowest BCUT2D eigenvalue weighted by molar-refractivity contribution is -0.120. The van der Waals surface area contributed by atoms with Gasteiger partial charge in [-0.15, -0.1) is 0 Å². The molecule has 0 radical (unpaired) electrons. The average Bonchev–Trinajstić information content (AvgIpc) is 2.05. The molecule has 0 unspecified atom stereocenters. The second-order valence-corrected chi connectivity index (χ2v) is 2.61. The van der Waals surface area contributed by atoms with Crippen LogP contribution in [0.25, 0.3) is 0 Å². The van der Waals surface area contributed by atoms with Gasteiger partial charge in [-0.1, -0.05) is 6.07 Å². The highest BCUT2D eigenvalue weighted by molar-refractivity contribution is 5.53. The number of rotatable bonds is 3. The molecule has 0 aliphatic rings. The fourth-order valence-corrected chi connectivity index (χ4v) is 0.891. The maximum Gasteiger partial charge on any atom is 0.298 e. The smallest absolute Gasteiger partial charge is 0.298 e. The molecule has 1 aromatic carbocycles. The Balaban J connectivity index is 2.87. The first-order valence-corrected chi connectivity index (χ1v) is 3.61. The van der Waals surface area contributed by atoms with Crippen LogP contribution < -0.4 is 9.64 Å². The average molecular weight is 165 g/mol. The van der Waals surface area contributed by atoms with E-state index in [1.54, 1.807) is 12.1 Å². The van der Waals surface area contributed by atoms with Gasteiger partial charge >= 0.3 is 0 Å². The maximum absolute atomic E-state index is 10.0. The Bertz CT molecular complexity index is 271. The van der Waals surface area contributed by atoms with E-state index in [1.807, 2.05) is 31.1 Å². The molecule has 64 valence electrons. The zero-order valence-electron chi connectivity index (χ0n) is 7.15. The third-order valence-electron chi connectivity index (χ3n) is 1.52. The summed E-state index contributed by atoms with van der Waals surface area (Å²) in [5.41, 5.74) is 1.01. The van der Waals surface area contributed by atoms with Crippen molar-refractivity contribution in [3.8, 4) is 5.75 Å². The van der Waals surface area contributed by atoms with Crippen LogP contribution in [0.5, 0.6) is 5.75 Å². The van der Waals surface area contributed by atoms with Gasteiger partial charge in [-0.05, 0) is 12.1 Å². The van der Waals surface area contributed by atoms with Crippen molar-refractivity contribution in [1.82, 2.24) is 0 Å². The van der Waals surface area contributed by atoms with Gasteiger partial charge in [0.25, 0.3) is 6.47 Å². The van der Waals surface area contributed by atoms with Crippen molar-refractivity contribution in [2.45, 2.75) is 0 Å². The monoisotopic (exact) mass is 165 g/mol. The molecule has 0 atom stereocenters. The van der Waals surface area contributed by atoms with Gasteiger partial charge in [0.1, 0.15) is 5.75 Å². The number of hydrogen-bond acceptors (Lipinski definition) is 3. The number of hydrogen-bond donors (Lipinski definition) is 0. The molecule has 1 aromatic rings. The lowest BCUT2D eigenvalue weighted by Gasteiger charge is -2.12. The molecule has 0 bridgehead atoms. The first-order chi connectivity index (χ1) is 5.74. The Labute approximate surface area is 71.6 Å². The summed E-state index contributed by atoms with van der Waals surface area (Å²) in [6, 6.07) is 7.32. The standard InChI is InChI=1S/C9H11NO2/c1-10(2)8-4-3-5-9(6-8)12-7-11/h3-7H,1-2H3. The minimum Gasteiger partial charge on any atom is -0.429 e.